The molecule has 0 unspecified atom stereocenters. The second-order valence-electron chi connectivity index (χ2n) is 6.09. The first-order valence-electron chi connectivity index (χ1n) is 7.79. The van der Waals surface area contributed by atoms with E-state index in [0.717, 1.165) is 6.54 Å². The molecule has 1 aromatic rings. The van der Waals surface area contributed by atoms with E-state index in [2.05, 4.69) is 22.4 Å². The highest BCUT2D eigenvalue weighted by molar-refractivity contribution is 7.10. The highest BCUT2D eigenvalue weighted by Gasteiger charge is 2.33. The molecule has 1 amide bonds. The van der Waals surface area contributed by atoms with Crippen molar-refractivity contribution in [3.05, 3.63) is 22.4 Å². The van der Waals surface area contributed by atoms with Crippen molar-refractivity contribution in [2.75, 3.05) is 20.1 Å². The van der Waals surface area contributed by atoms with Gasteiger partial charge in [0.2, 0.25) is 5.91 Å². The molecule has 4 heteroatoms. The Kier molecular flexibility index (Phi) is 4.41. The molecule has 2 fully saturated rings. The Morgan fingerprint density at radius 2 is 2.15 bits per heavy atom. The van der Waals surface area contributed by atoms with E-state index in [1.165, 1.54) is 43.4 Å². The molecule has 1 saturated carbocycles. The lowest BCUT2D eigenvalue weighted by atomic mass is 9.94. The largest absolute Gasteiger partial charge is 0.342 e. The van der Waals surface area contributed by atoms with Gasteiger partial charge >= 0.3 is 0 Å². The molecule has 20 heavy (non-hydrogen) atoms. The molecule has 3 nitrogen and oxygen atoms in total. The summed E-state index contributed by atoms with van der Waals surface area (Å²) >= 11 is 1.81. The summed E-state index contributed by atoms with van der Waals surface area (Å²) < 4.78 is 0. The molecule has 1 saturated heterocycles. The number of likely N-dealkylation sites (N-methyl/N-ethyl adjacent to an activating group) is 1. The Balaban J connectivity index is 1.53. The van der Waals surface area contributed by atoms with E-state index in [1.54, 1.807) is 0 Å². The number of carbonyl (C=O) groups excluding carboxylic acids is 1. The van der Waals surface area contributed by atoms with Crippen LogP contribution in [0.25, 0.3) is 0 Å². The number of rotatable bonds is 4. The zero-order valence-corrected chi connectivity index (χ0v) is 13.1. The van der Waals surface area contributed by atoms with Crippen LogP contribution in [0.3, 0.4) is 0 Å². The molecule has 1 aliphatic heterocycles. The fraction of sp³-hybridized carbons (Fsp3) is 0.688. The van der Waals surface area contributed by atoms with Crippen LogP contribution in [-0.4, -0.2) is 41.9 Å². The van der Waals surface area contributed by atoms with Gasteiger partial charge in [0, 0.05) is 30.6 Å². The number of hydrogen-bond donors (Lipinski definition) is 0. The van der Waals surface area contributed by atoms with E-state index < -0.39 is 0 Å². The van der Waals surface area contributed by atoms with Crippen LogP contribution in [-0.2, 0) is 4.79 Å². The molecule has 0 radical (unpaired) electrons. The summed E-state index contributed by atoms with van der Waals surface area (Å²) in [6.07, 6.45) is 7.48. The van der Waals surface area contributed by atoms with Gasteiger partial charge in [-0.1, -0.05) is 25.3 Å². The SMILES string of the molecule is CN(C(=O)CN1CC[C@@H]1c1cccs1)C1CCCCC1. The molecular formula is C16H24N2OS. The monoisotopic (exact) mass is 292 g/mol. The number of nitrogens with zero attached hydrogens (tertiary/aromatic N) is 2. The molecule has 0 spiro atoms. The zero-order valence-electron chi connectivity index (χ0n) is 12.3. The van der Waals surface area contributed by atoms with E-state index in [9.17, 15) is 4.79 Å². The first kappa shape index (κ1) is 14.1. The Morgan fingerprint density at radius 3 is 2.75 bits per heavy atom. The molecule has 3 rings (SSSR count). The molecule has 110 valence electrons. The smallest absolute Gasteiger partial charge is 0.236 e. The number of hydrogen-bond acceptors (Lipinski definition) is 3. The van der Waals surface area contributed by atoms with Gasteiger partial charge in [-0.05, 0) is 30.7 Å². The average molecular weight is 292 g/mol. The van der Waals surface area contributed by atoms with Gasteiger partial charge in [-0.3, -0.25) is 9.69 Å². The van der Waals surface area contributed by atoms with Crippen LogP contribution >= 0.6 is 11.3 Å². The summed E-state index contributed by atoms with van der Waals surface area (Å²) in [5, 5.41) is 2.13. The molecule has 1 aliphatic carbocycles. The summed E-state index contributed by atoms with van der Waals surface area (Å²) in [7, 11) is 2.00. The summed E-state index contributed by atoms with van der Waals surface area (Å²) in [4.78, 5) is 18.2. The highest BCUT2D eigenvalue weighted by atomic mass is 32.1. The summed E-state index contributed by atoms with van der Waals surface area (Å²) in [5.74, 6) is 0.304. The van der Waals surface area contributed by atoms with E-state index in [4.69, 9.17) is 0 Å². The van der Waals surface area contributed by atoms with Gasteiger partial charge in [0.15, 0.2) is 0 Å². The van der Waals surface area contributed by atoms with Crippen molar-refractivity contribution in [3.8, 4) is 0 Å². The third kappa shape index (κ3) is 2.91. The minimum absolute atomic E-state index is 0.304. The van der Waals surface area contributed by atoms with Crippen LogP contribution in [0.15, 0.2) is 17.5 Å². The topological polar surface area (TPSA) is 23.6 Å². The quantitative estimate of drug-likeness (QED) is 0.850. The van der Waals surface area contributed by atoms with Gasteiger partial charge in [0.25, 0.3) is 0 Å². The first-order valence-corrected chi connectivity index (χ1v) is 8.67. The molecule has 0 bridgehead atoms. The van der Waals surface area contributed by atoms with Crippen LogP contribution in [0.5, 0.6) is 0 Å². The predicted octanol–water partition coefficient (Wildman–Crippen LogP) is 3.29. The zero-order chi connectivity index (χ0) is 13.9. The van der Waals surface area contributed by atoms with Crippen molar-refractivity contribution < 1.29 is 4.79 Å². The van der Waals surface area contributed by atoms with Crippen LogP contribution < -0.4 is 0 Å². The summed E-state index contributed by atoms with van der Waals surface area (Å²) in [6.45, 7) is 1.66. The first-order chi connectivity index (χ1) is 9.75. The maximum atomic E-state index is 12.4. The maximum Gasteiger partial charge on any atom is 0.236 e. The minimum Gasteiger partial charge on any atom is -0.342 e. The predicted molar refractivity (Wildman–Crippen MR) is 82.9 cm³/mol. The average Bonchev–Trinajstić information content (AvgIpc) is 2.97. The highest BCUT2D eigenvalue weighted by Crippen LogP contribution is 2.35. The van der Waals surface area contributed by atoms with Crippen molar-refractivity contribution in [3.63, 3.8) is 0 Å². The van der Waals surface area contributed by atoms with E-state index in [0.29, 0.717) is 24.5 Å². The van der Waals surface area contributed by atoms with Crippen LogP contribution in [0.2, 0.25) is 0 Å². The molecular weight excluding hydrogens is 268 g/mol. The fourth-order valence-corrected chi connectivity index (χ4v) is 4.29. The second-order valence-corrected chi connectivity index (χ2v) is 7.07. The summed E-state index contributed by atoms with van der Waals surface area (Å²) in [5.41, 5.74) is 0. The van der Waals surface area contributed by atoms with Crippen LogP contribution in [0, 0.1) is 0 Å². The van der Waals surface area contributed by atoms with Crippen molar-refractivity contribution in [1.82, 2.24) is 9.80 Å². The Hall–Kier alpha value is -0.870. The van der Waals surface area contributed by atoms with Gasteiger partial charge in [0.1, 0.15) is 0 Å². The molecule has 2 aliphatic rings. The van der Waals surface area contributed by atoms with Crippen molar-refractivity contribution >= 4 is 17.2 Å². The maximum absolute atomic E-state index is 12.4. The molecule has 0 N–H and O–H groups in total. The third-order valence-electron chi connectivity index (χ3n) is 4.86. The van der Waals surface area contributed by atoms with Crippen molar-refractivity contribution in [1.29, 1.82) is 0 Å². The molecule has 1 atom stereocenters. The second kappa shape index (κ2) is 6.27. The molecule has 2 heterocycles. The van der Waals surface area contributed by atoms with E-state index in [1.807, 2.05) is 23.3 Å². The van der Waals surface area contributed by atoms with Crippen LogP contribution in [0.1, 0.15) is 49.4 Å². The van der Waals surface area contributed by atoms with Gasteiger partial charge < -0.3 is 4.90 Å². The number of carbonyl (C=O) groups is 1. The summed E-state index contributed by atoms with van der Waals surface area (Å²) in [6, 6.07) is 5.26. The lowest BCUT2D eigenvalue weighted by molar-refractivity contribution is -0.136. The number of likely N-dealkylation sites (tertiary alicyclic amines) is 1. The van der Waals surface area contributed by atoms with E-state index in [-0.39, 0.29) is 0 Å². The minimum atomic E-state index is 0.304. The van der Waals surface area contributed by atoms with Crippen molar-refractivity contribution in [2.45, 2.75) is 50.6 Å². The number of thiophene rings is 1. The van der Waals surface area contributed by atoms with Gasteiger partial charge in [0.05, 0.1) is 6.54 Å². The van der Waals surface area contributed by atoms with Gasteiger partial charge in [-0.2, -0.15) is 0 Å². The Labute approximate surface area is 125 Å². The van der Waals surface area contributed by atoms with Gasteiger partial charge in [-0.25, -0.2) is 0 Å². The van der Waals surface area contributed by atoms with E-state index >= 15 is 0 Å². The number of amides is 1. The lowest BCUT2D eigenvalue weighted by Crippen LogP contribution is -2.49. The standard InChI is InChI=1S/C16H24N2OS/c1-17(13-6-3-2-4-7-13)16(19)12-18-10-9-14(18)15-8-5-11-20-15/h5,8,11,13-14H,2-4,6-7,9-10,12H2,1H3/t14-/m1/s1. The Morgan fingerprint density at radius 1 is 1.35 bits per heavy atom. The molecule has 1 aromatic heterocycles. The normalized spacial score (nSPS) is 24.4. The molecule has 0 aromatic carbocycles. The fourth-order valence-electron chi connectivity index (χ4n) is 3.39. The third-order valence-corrected chi connectivity index (χ3v) is 5.83. The Bertz CT molecular complexity index is 439. The van der Waals surface area contributed by atoms with Crippen molar-refractivity contribution in [2.24, 2.45) is 0 Å². The lowest BCUT2D eigenvalue weighted by Gasteiger charge is -2.41. The van der Waals surface area contributed by atoms with Crippen LogP contribution in [0.4, 0.5) is 0 Å². The van der Waals surface area contributed by atoms with Gasteiger partial charge in [-0.15, -0.1) is 11.3 Å².